The van der Waals surface area contributed by atoms with Gasteiger partial charge in [0.25, 0.3) is 0 Å². The van der Waals surface area contributed by atoms with Crippen LogP contribution in [0.1, 0.15) is 36.4 Å². The van der Waals surface area contributed by atoms with Crippen molar-refractivity contribution in [2.24, 2.45) is 11.8 Å². The van der Waals surface area contributed by atoms with Gasteiger partial charge in [-0.3, -0.25) is 0 Å². The second-order valence-corrected chi connectivity index (χ2v) is 8.95. The Balaban J connectivity index is 1.54. The first-order chi connectivity index (χ1) is 14.8. The van der Waals surface area contributed by atoms with E-state index in [1.54, 1.807) is 0 Å². The molecule has 1 heteroatoms. The Labute approximate surface area is 178 Å². The molecule has 2 aromatic carbocycles. The van der Waals surface area contributed by atoms with Crippen LogP contribution < -0.4 is 0 Å². The summed E-state index contributed by atoms with van der Waals surface area (Å²) in [4.78, 5) is 0. The van der Waals surface area contributed by atoms with Crippen LogP contribution in [0.2, 0.25) is 0 Å². The fourth-order valence-electron chi connectivity index (χ4n) is 5.37. The summed E-state index contributed by atoms with van der Waals surface area (Å²) in [5, 5.41) is 2.74. The number of fused-ring (bicyclic) bond motifs is 4. The summed E-state index contributed by atoms with van der Waals surface area (Å²) >= 11 is 0. The van der Waals surface area contributed by atoms with E-state index >= 15 is 0 Å². The van der Waals surface area contributed by atoms with E-state index in [9.17, 15) is 0 Å². The van der Waals surface area contributed by atoms with Gasteiger partial charge in [0, 0.05) is 28.1 Å². The van der Waals surface area contributed by atoms with Gasteiger partial charge in [-0.2, -0.15) is 0 Å². The third kappa shape index (κ3) is 2.84. The Bertz CT molecular complexity index is 1290. The highest BCUT2D eigenvalue weighted by molar-refractivity contribution is 6.09. The summed E-state index contributed by atoms with van der Waals surface area (Å²) in [5.41, 5.74) is 6.71. The van der Waals surface area contributed by atoms with E-state index in [0.717, 1.165) is 0 Å². The molecule has 0 bridgehead atoms. The van der Waals surface area contributed by atoms with Gasteiger partial charge in [0.2, 0.25) is 0 Å². The summed E-state index contributed by atoms with van der Waals surface area (Å²) in [5.74, 6) is 0.977. The van der Waals surface area contributed by atoms with Crippen LogP contribution in [0.25, 0.3) is 27.4 Å². The van der Waals surface area contributed by atoms with Crippen molar-refractivity contribution in [2.75, 3.05) is 0 Å². The van der Waals surface area contributed by atoms with E-state index in [0.29, 0.717) is 17.9 Å². The van der Waals surface area contributed by atoms with Gasteiger partial charge >= 0.3 is 0 Å². The standard InChI is InChI=1S/C29H27N/c1-20-11-15-26-27-16-14-24(23-13-12-21-7-5-6-8-22(21)18-23)19-29(27)30(28(26)17-20)25-9-3-2-4-10-25/h3,5-9,11-19,21-22,25H,2,4,10H2,1H3/t21?,22?,25-/m0/s1. The molecule has 148 valence electrons. The zero-order valence-electron chi connectivity index (χ0n) is 17.5. The molecule has 0 amide bonds. The Kier molecular flexibility index (Phi) is 4.16. The molecule has 0 aliphatic heterocycles. The maximum Gasteiger partial charge on any atom is 0.0522 e. The SMILES string of the molecule is Cc1ccc2c3ccc(C4=CC5C=CC=CC5C=C4)cc3n([C@H]3C=CCCC3)c2c1. The zero-order chi connectivity index (χ0) is 20.1. The van der Waals surface area contributed by atoms with Gasteiger partial charge in [0.1, 0.15) is 0 Å². The number of benzene rings is 2. The Morgan fingerprint density at radius 2 is 1.63 bits per heavy atom. The van der Waals surface area contributed by atoms with Crippen LogP contribution in [0.3, 0.4) is 0 Å². The quantitative estimate of drug-likeness (QED) is 0.396. The number of aromatic nitrogens is 1. The lowest BCUT2D eigenvalue weighted by Crippen LogP contribution is -2.11. The molecular formula is C29H27N. The third-order valence-corrected chi connectivity index (χ3v) is 6.95. The van der Waals surface area contributed by atoms with Crippen LogP contribution in [-0.2, 0) is 0 Å². The average Bonchev–Trinajstić information content (AvgIpc) is 3.11. The fraction of sp³-hybridized carbons (Fsp3) is 0.241. The molecule has 3 aromatic rings. The lowest BCUT2D eigenvalue weighted by Gasteiger charge is -2.24. The second-order valence-electron chi connectivity index (χ2n) is 8.95. The molecule has 2 unspecified atom stereocenters. The fourth-order valence-corrected chi connectivity index (χ4v) is 5.37. The molecule has 1 nitrogen and oxygen atoms in total. The maximum atomic E-state index is 2.59. The Hall–Kier alpha value is -3.06. The van der Waals surface area contributed by atoms with Crippen LogP contribution in [0.5, 0.6) is 0 Å². The average molecular weight is 390 g/mol. The molecule has 3 aliphatic rings. The van der Waals surface area contributed by atoms with Crippen LogP contribution in [0.4, 0.5) is 0 Å². The predicted molar refractivity (Wildman–Crippen MR) is 129 cm³/mol. The molecule has 6 rings (SSSR count). The van der Waals surface area contributed by atoms with Crippen molar-refractivity contribution in [3.8, 4) is 0 Å². The lowest BCUT2D eigenvalue weighted by molar-refractivity contribution is 0.542. The molecule has 3 aliphatic carbocycles. The van der Waals surface area contributed by atoms with E-state index in [-0.39, 0.29) is 0 Å². The highest BCUT2D eigenvalue weighted by Crippen LogP contribution is 2.38. The molecule has 0 saturated heterocycles. The van der Waals surface area contributed by atoms with Gasteiger partial charge < -0.3 is 4.57 Å². The van der Waals surface area contributed by atoms with Crippen LogP contribution in [0.15, 0.2) is 91.1 Å². The highest BCUT2D eigenvalue weighted by Gasteiger charge is 2.21. The van der Waals surface area contributed by atoms with Crippen molar-refractivity contribution in [1.29, 1.82) is 0 Å². The van der Waals surface area contributed by atoms with Crippen LogP contribution in [0, 0.1) is 18.8 Å². The van der Waals surface area contributed by atoms with Gasteiger partial charge in [-0.1, -0.05) is 78.9 Å². The van der Waals surface area contributed by atoms with E-state index in [1.807, 2.05) is 0 Å². The second kappa shape index (κ2) is 7.02. The van der Waals surface area contributed by atoms with Gasteiger partial charge in [0.05, 0.1) is 11.6 Å². The molecular weight excluding hydrogens is 362 g/mol. The van der Waals surface area contributed by atoms with Crippen molar-refractivity contribution in [3.63, 3.8) is 0 Å². The molecule has 0 radical (unpaired) electrons. The topological polar surface area (TPSA) is 4.93 Å². The maximum absolute atomic E-state index is 2.59. The molecule has 0 spiro atoms. The van der Waals surface area contributed by atoms with Crippen molar-refractivity contribution >= 4 is 27.4 Å². The van der Waals surface area contributed by atoms with E-state index in [2.05, 4.69) is 103 Å². The van der Waals surface area contributed by atoms with Crippen molar-refractivity contribution in [3.05, 3.63) is 102 Å². The van der Waals surface area contributed by atoms with E-state index < -0.39 is 0 Å². The minimum Gasteiger partial charge on any atom is -0.333 e. The molecule has 1 aromatic heterocycles. The lowest BCUT2D eigenvalue weighted by atomic mass is 9.81. The number of allylic oxidation sites excluding steroid dienone is 10. The van der Waals surface area contributed by atoms with Gasteiger partial charge in [-0.25, -0.2) is 0 Å². The summed E-state index contributed by atoms with van der Waals surface area (Å²) < 4.78 is 2.59. The molecule has 0 saturated carbocycles. The predicted octanol–water partition coefficient (Wildman–Crippen LogP) is 7.70. The summed E-state index contributed by atoms with van der Waals surface area (Å²) in [6.45, 7) is 2.20. The number of rotatable bonds is 2. The van der Waals surface area contributed by atoms with Crippen molar-refractivity contribution in [2.45, 2.75) is 32.2 Å². The zero-order valence-corrected chi connectivity index (χ0v) is 17.5. The van der Waals surface area contributed by atoms with Crippen molar-refractivity contribution in [1.82, 2.24) is 4.57 Å². The monoisotopic (exact) mass is 389 g/mol. The van der Waals surface area contributed by atoms with Crippen LogP contribution in [-0.4, -0.2) is 4.57 Å². The van der Waals surface area contributed by atoms with Gasteiger partial charge in [-0.05, 0) is 55.0 Å². The molecule has 0 fully saturated rings. The minimum absolute atomic E-state index is 0.447. The molecule has 0 N–H and O–H groups in total. The smallest absolute Gasteiger partial charge is 0.0522 e. The Morgan fingerprint density at radius 1 is 0.833 bits per heavy atom. The first-order valence-corrected chi connectivity index (χ1v) is 11.2. The van der Waals surface area contributed by atoms with Gasteiger partial charge in [-0.15, -0.1) is 0 Å². The highest BCUT2D eigenvalue weighted by atomic mass is 15.0. The largest absolute Gasteiger partial charge is 0.333 e. The molecule has 3 atom stereocenters. The van der Waals surface area contributed by atoms with E-state index in [4.69, 9.17) is 0 Å². The van der Waals surface area contributed by atoms with Crippen LogP contribution >= 0.6 is 0 Å². The van der Waals surface area contributed by atoms with Crippen molar-refractivity contribution < 1.29 is 0 Å². The summed E-state index contributed by atoms with van der Waals surface area (Å²) in [6, 6.07) is 14.4. The molecule has 30 heavy (non-hydrogen) atoms. The number of aryl methyl sites for hydroxylation is 1. The van der Waals surface area contributed by atoms with E-state index in [1.165, 1.54) is 57.8 Å². The summed E-state index contributed by atoms with van der Waals surface area (Å²) in [7, 11) is 0. The Morgan fingerprint density at radius 3 is 2.47 bits per heavy atom. The number of hydrogen-bond acceptors (Lipinski definition) is 0. The third-order valence-electron chi connectivity index (χ3n) is 6.95. The number of hydrogen-bond donors (Lipinski definition) is 0. The first-order valence-electron chi connectivity index (χ1n) is 11.2. The number of nitrogens with zero attached hydrogens (tertiary/aromatic N) is 1. The first kappa shape index (κ1) is 17.8. The minimum atomic E-state index is 0.447. The van der Waals surface area contributed by atoms with Gasteiger partial charge in [0.15, 0.2) is 0 Å². The molecule has 1 heterocycles. The normalized spacial score (nSPS) is 25.1. The summed E-state index contributed by atoms with van der Waals surface area (Å²) in [6.07, 6.45) is 24.5.